The topological polar surface area (TPSA) is 39.9 Å². The van der Waals surface area contributed by atoms with Gasteiger partial charge in [-0.25, -0.2) is 13.1 Å². The lowest BCUT2D eigenvalue weighted by Crippen LogP contribution is -2.32. The highest BCUT2D eigenvalue weighted by molar-refractivity contribution is 7.97. The average molecular weight is 359 g/mol. The second kappa shape index (κ2) is 7.15. The maximum Gasteiger partial charge on any atom is 0.408 e. The molecule has 1 aromatic heterocycles. The van der Waals surface area contributed by atoms with E-state index in [4.69, 9.17) is 5.26 Å². The lowest BCUT2D eigenvalue weighted by atomic mass is 10.1. The summed E-state index contributed by atoms with van der Waals surface area (Å²) in [5.74, 6) is -2.57. The van der Waals surface area contributed by atoms with E-state index < -0.39 is 29.4 Å². The number of rotatable bonds is 4. The van der Waals surface area contributed by atoms with E-state index in [2.05, 4.69) is 4.98 Å². The molecule has 9 heteroatoms. The zero-order chi connectivity index (χ0) is 17.9. The Labute approximate surface area is 138 Å². The molecule has 0 unspecified atom stereocenters. The van der Waals surface area contributed by atoms with Gasteiger partial charge in [0, 0.05) is 17.3 Å². The molecule has 0 fully saturated rings. The van der Waals surface area contributed by atoms with Gasteiger partial charge in [0.2, 0.25) is 0 Å². The second-order valence-electron chi connectivity index (χ2n) is 4.78. The Kier molecular flexibility index (Phi) is 5.41. The monoisotopic (exact) mass is 359 g/mol. The molecule has 1 heterocycles. The van der Waals surface area contributed by atoms with E-state index in [0.29, 0.717) is 29.0 Å². The molecule has 1 atom stereocenters. The second-order valence-corrected chi connectivity index (χ2v) is 6.01. The van der Waals surface area contributed by atoms with E-state index >= 15 is 0 Å². The number of nitrogens with zero attached hydrogens (tertiary/aromatic N) is 3. The Balaban J connectivity index is 2.33. The van der Waals surface area contributed by atoms with Crippen LogP contribution in [0.2, 0.25) is 0 Å². The van der Waals surface area contributed by atoms with E-state index in [1.807, 2.05) is 6.07 Å². The molecule has 24 heavy (non-hydrogen) atoms. The number of hydrogen-bond donors (Lipinski definition) is 0. The Bertz CT molecular complexity index is 772. The standard InChI is InChI=1S/C15H10F5N3S/c1-23(24-11-4-9(6-21)7-22-8-11)14(15(18,19)20)10-2-3-12(16)13(17)5-10/h2-5,7-8,14H,1H3/t14-/m1/s1. The van der Waals surface area contributed by atoms with Gasteiger partial charge in [-0.2, -0.15) is 18.4 Å². The van der Waals surface area contributed by atoms with Crippen molar-refractivity contribution in [2.24, 2.45) is 0 Å². The van der Waals surface area contributed by atoms with E-state index in [-0.39, 0.29) is 5.56 Å². The zero-order valence-electron chi connectivity index (χ0n) is 12.2. The molecule has 1 aromatic carbocycles. The minimum atomic E-state index is -4.72. The van der Waals surface area contributed by atoms with Crippen LogP contribution in [0.25, 0.3) is 0 Å². The van der Waals surface area contributed by atoms with Crippen LogP contribution >= 0.6 is 11.9 Å². The molecule has 3 nitrogen and oxygen atoms in total. The highest BCUT2D eigenvalue weighted by atomic mass is 32.2. The summed E-state index contributed by atoms with van der Waals surface area (Å²) in [7, 11) is 1.17. The van der Waals surface area contributed by atoms with Gasteiger partial charge in [0.1, 0.15) is 12.1 Å². The van der Waals surface area contributed by atoms with E-state index in [0.717, 1.165) is 10.4 Å². The summed E-state index contributed by atoms with van der Waals surface area (Å²) in [6, 6.07) is 3.12. The maximum atomic E-state index is 13.4. The van der Waals surface area contributed by atoms with Gasteiger partial charge < -0.3 is 0 Å². The minimum absolute atomic E-state index is 0.199. The van der Waals surface area contributed by atoms with E-state index in [9.17, 15) is 22.0 Å². The largest absolute Gasteiger partial charge is 0.408 e. The van der Waals surface area contributed by atoms with E-state index in [1.165, 1.54) is 25.5 Å². The smallest absolute Gasteiger partial charge is 0.262 e. The lowest BCUT2D eigenvalue weighted by Gasteiger charge is -2.29. The predicted octanol–water partition coefficient (Wildman–Crippen LogP) is 4.47. The Morgan fingerprint density at radius 1 is 1.17 bits per heavy atom. The number of benzene rings is 1. The first-order chi connectivity index (χ1) is 11.2. The van der Waals surface area contributed by atoms with Crippen LogP contribution in [0.3, 0.4) is 0 Å². The molecule has 2 aromatic rings. The molecular formula is C15H10F5N3S. The van der Waals surface area contributed by atoms with Crippen molar-refractivity contribution in [3.05, 3.63) is 59.4 Å². The van der Waals surface area contributed by atoms with Crippen LogP contribution in [-0.4, -0.2) is 22.5 Å². The van der Waals surface area contributed by atoms with Gasteiger partial charge in [0.15, 0.2) is 11.6 Å². The van der Waals surface area contributed by atoms with Crippen LogP contribution in [0.4, 0.5) is 22.0 Å². The summed E-state index contributed by atoms with van der Waals surface area (Å²) >= 11 is 0.696. The van der Waals surface area contributed by atoms with Gasteiger partial charge in [-0.15, -0.1) is 0 Å². The van der Waals surface area contributed by atoms with Gasteiger partial charge in [0.25, 0.3) is 0 Å². The summed E-state index contributed by atoms with van der Waals surface area (Å²) in [5, 5.41) is 8.80. The molecule has 0 spiro atoms. The minimum Gasteiger partial charge on any atom is -0.262 e. The molecule has 0 radical (unpaired) electrons. The summed E-state index contributed by atoms with van der Waals surface area (Å²) in [4.78, 5) is 4.08. The lowest BCUT2D eigenvalue weighted by molar-refractivity contribution is -0.170. The van der Waals surface area contributed by atoms with Crippen LogP contribution in [0.1, 0.15) is 17.2 Å². The summed E-state index contributed by atoms with van der Waals surface area (Å²) in [6.45, 7) is 0. The molecule has 0 aliphatic carbocycles. The normalized spacial score (nSPS) is 12.9. The summed E-state index contributed by atoms with van der Waals surface area (Å²) in [6.07, 6.45) is -2.13. The highest BCUT2D eigenvalue weighted by Gasteiger charge is 2.44. The van der Waals surface area contributed by atoms with Crippen molar-refractivity contribution in [2.75, 3.05) is 7.05 Å². The zero-order valence-corrected chi connectivity index (χ0v) is 13.0. The average Bonchev–Trinajstić information content (AvgIpc) is 2.49. The number of halogens is 5. The fourth-order valence-electron chi connectivity index (χ4n) is 2.04. The third-order valence-corrected chi connectivity index (χ3v) is 3.96. The summed E-state index contributed by atoms with van der Waals surface area (Å²) in [5.41, 5.74) is -0.231. The summed E-state index contributed by atoms with van der Waals surface area (Å²) < 4.78 is 67.3. The molecule has 0 aliphatic heterocycles. The molecule has 0 bridgehead atoms. The highest BCUT2D eigenvalue weighted by Crippen LogP contribution is 2.41. The van der Waals surface area contributed by atoms with Crippen molar-refractivity contribution in [1.82, 2.24) is 9.29 Å². The molecule has 0 saturated carbocycles. The van der Waals surface area contributed by atoms with Gasteiger partial charge in [-0.1, -0.05) is 6.07 Å². The van der Waals surface area contributed by atoms with Gasteiger partial charge in [-0.05, 0) is 42.8 Å². The molecule has 0 amide bonds. The molecule has 0 aliphatic rings. The van der Waals surface area contributed by atoms with Crippen molar-refractivity contribution in [3.8, 4) is 6.07 Å². The SMILES string of the molecule is CN(Sc1cncc(C#N)c1)[C@H](c1ccc(F)c(F)c1)C(F)(F)F. The van der Waals surface area contributed by atoms with Crippen LogP contribution in [0, 0.1) is 23.0 Å². The van der Waals surface area contributed by atoms with Crippen molar-refractivity contribution >= 4 is 11.9 Å². The molecule has 0 N–H and O–H groups in total. The van der Waals surface area contributed by atoms with Crippen LogP contribution in [0.5, 0.6) is 0 Å². The first-order valence-corrected chi connectivity index (χ1v) is 7.27. The molecule has 2 rings (SSSR count). The van der Waals surface area contributed by atoms with Gasteiger partial charge in [0.05, 0.1) is 5.56 Å². The third-order valence-electron chi connectivity index (χ3n) is 3.02. The van der Waals surface area contributed by atoms with Crippen LogP contribution in [0.15, 0.2) is 41.6 Å². The van der Waals surface area contributed by atoms with Gasteiger partial charge in [-0.3, -0.25) is 4.98 Å². The van der Waals surface area contributed by atoms with Crippen molar-refractivity contribution in [2.45, 2.75) is 17.1 Å². The van der Waals surface area contributed by atoms with Crippen molar-refractivity contribution < 1.29 is 22.0 Å². The predicted molar refractivity (Wildman–Crippen MR) is 77.7 cm³/mol. The quantitative estimate of drug-likeness (QED) is 0.596. The van der Waals surface area contributed by atoms with Crippen molar-refractivity contribution in [1.29, 1.82) is 5.26 Å². The molecular weight excluding hydrogens is 349 g/mol. The number of alkyl halides is 3. The number of nitriles is 1. The number of pyridine rings is 1. The fraction of sp³-hybridized carbons (Fsp3) is 0.200. The first-order valence-electron chi connectivity index (χ1n) is 6.50. The van der Waals surface area contributed by atoms with Gasteiger partial charge >= 0.3 is 6.18 Å². The third kappa shape index (κ3) is 4.21. The number of hydrogen-bond acceptors (Lipinski definition) is 4. The van der Waals surface area contributed by atoms with Crippen molar-refractivity contribution in [3.63, 3.8) is 0 Å². The molecule has 126 valence electrons. The first kappa shape index (κ1) is 18.2. The Hall–Kier alpha value is -2.18. The Morgan fingerprint density at radius 3 is 2.46 bits per heavy atom. The van der Waals surface area contributed by atoms with Crippen LogP contribution in [-0.2, 0) is 0 Å². The number of aromatic nitrogens is 1. The van der Waals surface area contributed by atoms with Crippen LogP contribution < -0.4 is 0 Å². The fourth-order valence-corrected chi connectivity index (χ4v) is 3.00. The Morgan fingerprint density at radius 2 is 1.88 bits per heavy atom. The maximum absolute atomic E-state index is 13.4. The molecule has 0 saturated heterocycles. The van der Waals surface area contributed by atoms with E-state index in [1.54, 1.807) is 0 Å².